The van der Waals surface area contributed by atoms with E-state index in [1.54, 1.807) is 12.1 Å². The lowest BCUT2D eigenvalue weighted by molar-refractivity contribution is -0.139. The first-order chi connectivity index (χ1) is 8.90. The van der Waals surface area contributed by atoms with E-state index in [0.29, 0.717) is 18.9 Å². The summed E-state index contributed by atoms with van der Waals surface area (Å²) in [7, 11) is 0. The van der Waals surface area contributed by atoms with Crippen LogP contribution in [0.3, 0.4) is 0 Å². The summed E-state index contributed by atoms with van der Waals surface area (Å²) in [6.45, 7) is 6.56. The maximum absolute atomic E-state index is 12.8. The van der Waals surface area contributed by atoms with Crippen molar-refractivity contribution >= 4 is 5.97 Å². The molecular formula is C15H22FNO2. The molecule has 0 fully saturated rings. The second kappa shape index (κ2) is 7.24. The van der Waals surface area contributed by atoms with E-state index in [-0.39, 0.29) is 11.7 Å². The Morgan fingerprint density at radius 2 is 1.84 bits per heavy atom. The standard InChI is InChI=1S/C15H22FNO2/c1-10(2)8-14(15(18)19)17-9-11(3)12-4-6-13(16)7-5-12/h4-7,10-11,14,17H,8-9H2,1-3H3,(H,18,19). The molecule has 2 unspecified atom stereocenters. The zero-order valence-electron chi connectivity index (χ0n) is 11.7. The van der Waals surface area contributed by atoms with Gasteiger partial charge in [-0.15, -0.1) is 0 Å². The van der Waals surface area contributed by atoms with E-state index in [2.05, 4.69) is 5.32 Å². The maximum atomic E-state index is 12.8. The smallest absolute Gasteiger partial charge is 0.320 e. The van der Waals surface area contributed by atoms with Gasteiger partial charge in [-0.25, -0.2) is 4.39 Å². The second-order valence-corrected chi connectivity index (χ2v) is 5.38. The predicted octanol–water partition coefficient (Wildman–Crippen LogP) is 3.02. The van der Waals surface area contributed by atoms with Crippen molar-refractivity contribution in [2.24, 2.45) is 5.92 Å². The van der Waals surface area contributed by atoms with Crippen molar-refractivity contribution < 1.29 is 14.3 Å². The SMILES string of the molecule is CC(C)CC(NCC(C)c1ccc(F)cc1)C(=O)O. The van der Waals surface area contributed by atoms with Gasteiger partial charge in [-0.1, -0.05) is 32.9 Å². The normalized spacial score (nSPS) is 14.4. The first kappa shape index (κ1) is 15.6. The van der Waals surface area contributed by atoms with Crippen molar-refractivity contribution in [3.8, 4) is 0 Å². The van der Waals surface area contributed by atoms with Gasteiger partial charge < -0.3 is 10.4 Å². The average molecular weight is 267 g/mol. The molecule has 2 N–H and O–H groups in total. The Balaban J connectivity index is 2.54. The second-order valence-electron chi connectivity index (χ2n) is 5.38. The third kappa shape index (κ3) is 5.39. The summed E-state index contributed by atoms with van der Waals surface area (Å²) in [5.74, 6) is -0.600. The fourth-order valence-corrected chi connectivity index (χ4v) is 1.97. The van der Waals surface area contributed by atoms with Gasteiger partial charge in [-0.2, -0.15) is 0 Å². The molecule has 0 aliphatic rings. The van der Waals surface area contributed by atoms with Crippen LogP contribution in [-0.4, -0.2) is 23.7 Å². The number of aliphatic carboxylic acids is 1. The summed E-state index contributed by atoms with van der Waals surface area (Å²) in [5.41, 5.74) is 1.00. The minimum Gasteiger partial charge on any atom is -0.480 e. The van der Waals surface area contributed by atoms with Crippen LogP contribution in [-0.2, 0) is 4.79 Å². The average Bonchev–Trinajstić information content (AvgIpc) is 2.34. The fraction of sp³-hybridized carbons (Fsp3) is 0.533. The molecule has 0 aliphatic carbocycles. The first-order valence-corrected chi connectivity index (χ1v) is 6.61. The number of benzene rings is 1. The Labute approximate surface area is 113 Å². The van der Waals surface area contributed by atoms with E-state index in [9.17, 15) is 9.18 Å². The highest BCUT2D eigenvalue weighted by Crippen LogP contribution is 2.15. The van der Waals surface area contributed by atoms with Gasteiger partial charge in [0.2, 0.25) is 0 Å². The lowest BCUT2D eigenvalue weighted by Crippen LogP contribution is -2.39. The summed E-state index contributed by atoms with van der Waals surface area (Å²) in [5, 5.41) is 12.2. The number of carboxylic acid groups (broad SMARTS) is 1. The molecule has 0 radical (unpaired) electrons. The molecule has 106 valence electrons. The van der Waals surface area contributed by atoms with Crippen molar-refractivity contribution in [3.63, 3.8) is 0 Å². The van der Waals surface area contributed by atoms with Crippen LogP contribution in [0.4, 0.5) is 4.39 Å². The van der Waals surface area contributed by atoms with E-state index >= 15 is 0 Å². The Hall–Kier alpha value is -1.42. The Kier molecular flexibility index (Phi) is 5.96. The number of carbonyl (C=O) groups is 1. The van der Waals surface area contributed by atoms with Crippen LogP contribution < -0.4 is 5.32 Å². The van der Waals surface area contributed by atoms with E-state index in [1.165, 1.54) is 12.1 Å². The van der Waals surface area contributed by atoms with Crippen molar-refractivity contribution in [2.45, 2.75) is 39.2 Å². The molecule has 0 aliphatic heterocycles. The summed E-state index contributed by atoms with van der Waals surface area (Å²) in [4.78, 5) is 11.1. The van der Waals surface area contributed by atoms with Crippen LogP contribution in [0.5, 0.6) is 0 Å². The zero-order valence-corrected chi connectivity index (χ0v) is 11.7. The lowest BCUT2D eigenvalue weighted by Gasteiger charge is -2.19. The molecule has 0 heterocycles. The molecule has 1 aromatic rings. The quantitative estimate of drug-likeness (QED) is 0.798. The van der Waals surface area contributed by atoms with Gasteiger partial charge in [0.05, 0.1) is 0 Å². The Bertz CT molecular complexity index is 403. The number of halogens is 1. The van der Waals surface area contributed by atoms with Crippen molar-refractivity contribution in [2.75, 3.05) is 6.54 Å². The first-order valence-electron chi connectivity index (χ1n) is 6.61. The molecule has 2 atom stereocenters. The van der Waals surface area contributed by atoms with Crippen LogP contribution in [0.25, 0.3) is 0 Å². The van der Waals surface area contributed by atoms with Crippen molar-refractivity contribution in [1.82, 2.24) is 5.32 Å². The van der Waals surface area contributed by atoms with Crippen molar-refractivity contribution in [1.29, 1.82) is 0 Å². The van der Waals surface area contributed by atoms with E-state index in [0.717, 1.165) is 5.56 Å². The molecule has 3 nitrogen and oxygen atoms in total. The van der Waals surface area contributed by atoms with Gasteiger partial charge in [-0.3, -0.25) is 4.79 Å². The summed E-state index contributed by atoms with van der Waals surface area (Å²) in [6, 6.07) is 5.80. The van der Waals surface area contributed by atoms with E-state index in [1.807, 2.05) is 20.8 Å². The summed E-state index contributed by atoms with van der Waals surface area (Å²) < 4.78 is 12.8. The number of nitrogens with one attached hydrogen (secondary N) is 1. The number of hydrogen-bond donors (Lipinski definition) is 2. The van der Waals surface area contributed by atoms with Gasteiger partial charge in [0.1, 0.15) is 11.9 Å². The largest absolute Gasteiger partial charge is 0.480 e. The highest BCUT2D eigenvalue weighted by molar-refractivity contribution is 5.73. The maximum Gasteiger partial charge on any atom is 0.320 e. The molecular weight excluding hydrogens is 245 g/mol. The molecule has 4 heteroatoms. The third-order valence-electron chi connectivity index (χ3n) is 3.11. The van der Waals surface area contributed by atoms with Gasteiger partial charge in [0.15, 0.2) is 0 Å². The summed E-state index contributed by atoms with van der Waals surface area (Å²) >= 11 is 0. The van der Waals surface area contributed by atoms with Gasteiger partial charge in [0, 0.05) is 6.54 Å². The molecule has 0 saturated carbocycles. The predicted molar refractivity (Wildman–Crippen MR) is 73.7 cm³/mol. The molecule has 0 bridgehead atoms. The minimum atomic E-state index is -0.819. The lowest BCUT2D eigenvalue weighted by atomic mass is 9.99. The topological polar surface area (TPSA) is 49.3 Å². The number of rotatable bonds is 7. The van der Waals surface area contributed by atoms with Crippen LogP contribution in [0.1, 0.15) is 38.7 Å². The zero-order chi connectivity index (χ0) is 14.4. The third-order valence-corrected chi connectivity index (χ3v) is 3.11. The molecule has 0 aromatic heterocycles. The van der Waals surface area contributed by atoms with Crippen molar-refractivity contribution in [3.05, 3.63) is 35.6 Å². The molecule has 0 amide bonds. The minimum absolute atomic E-state index is 0.148. The number of carboxylic acids is 1. The molecule has 0 saturated heterocycles. The van der Waals surface area contributed by atoms with Crippen LogP contribution in [0, 0.1) is 11.7 Å². The Morgan fingerprint density at radius 3 is 2.32 bits per heavy atom. The van der Waals surface area contributed by atoms with Gasteiger partial charge in [-0.05, 0) is 36.0 Å². The van der Waals surface area contributed by atoms with Gasteiger partial charge >= 0.3 is 5.97 Å². The van der Waals surface area contributed by atoms with E-state index in [4.69, 9.17) is 5.11 Å². The molecule has 0 spiro atoms. The monoisotopic (exact) mass is 267 g/mol. The van der Waals surface area contributed by atoms with Crippen LogP contribution in [0.15, 0.2) is 24.3 Å². The van der Waals surface area contributed by atoms with Crippen LogP contribution in [0.2, 0.25) is 0 Å². The highest BCUT2D eigenvalue weighted by Gasteiger charge is 2.19. The Morgan fingerprint density at radius 1 is 1.26 bits per heavy atom. The fourth-order valence-electron chi connectivity index (χ4n) is 1.97. The van der Waals surface area contributed by atoms with Crippen LogP contribution >= 0.6 is 0 Å². The van der Waals surface area contributed by atoms with Gasteiger partial charge in [0.25, 0.3) is 0 Å². The number of hydrogen-bond acceptors (Lipinski definition) is 2. The van der Waals surface area contributed by atoms with E-state index < -0.39 is 12.0 Å². The molecule has 1 rings (SSSR count). The summed E-state index contributed by atoms with van der Waals surface area (Å²) in [6.07, 6.45) is 0.603. The molecule has 1 aromatic carbocycles. The highest BCUT2D eigenvalue weighted by atomic mass is 19.1. The molecule has 19 heavy (non-hydrogen) atoms.